The van der Waals surface area contributed by atoms with Gasteiger partial charge in [-0.25, -0.2) is 0 Å². The number of nitrogens with zero attached hydrogens (tertiary/aromatic N) is 1. The predicted octanol–water partition coefficient (Wildman–Crippen LogP) is 3.68. The summed E-state index contributed by atoms with van der Waals surface area (Å²) in [6, 6.07) is 19.5. The molecule has 0 saturated carbocycles. The van der Waals surface area contributed by atoms with Gasteiger partial charge in [0.05, 0.1) is 0 Å². The molecule has 1 radical (unpaired) electrons. The molecule has 0 fully saturated rings. The van der Waals surface area contributed by atoms with Crippen molar-refractivity contribution in [1.29, 1.82) is 0 Å². The third-order valence-electron chi connectivity index (χ3n) is 2.18. The molecule has 0 aromatic heterocycles. The third-order valence-corrected chi connectivity index (χ3v) is 2.18. The molecule has 0 saturated heterocycles. The largest absolute Gasteiger partial charge is 0.457 e. The minimum atomic E-state index is 0.869. The van der Waals surface area contributed by atoms with E-state index < -0.39 is 0 Å². The smallest absolute Gasteiger partial charge is 0.198 e. The van der Waals surface area contributed by atoms with Crippen LogP contribution in [0, 0.1) is 0 Å². The van der Waals surface area contributed by atoms with E-state index in [-0.39, 0.29) is 0 Å². The van der Waals surface area contributed by atoms with Crippen LogP contribution in [0.4, 0.5) is 0 Å². The maximum Gasteiger partial charge on any atom is 0.198 e. The van der Waals surface area contributed by atoms with Gasteiger partial charge >= 0.3 is 0 Å². The number of para-hydroxylation sites is 2. The topological polar surface area (TPSA) is 21.6 Å². The second-order valence-electron chi connectivity index (χ2n) is 3.56. The summed E-state index contributed by atoms with van der Waals surface area (Å²) >= 11 is 0. The van der Waals surface area contributed by atoms with E-state index >= 15 is 0 Å². The fourth-order valence-electron chi connectivity index (χ4n) is 1.36. The molecular weight excluding hydrogens is 221 g/mol. The fraction of sp³-hybridized carbons (Fsp3) is 0. The van der Waals surface area contributed by atoms with Crippen LogP contribution >= 0.6 is 0 Å². The molecule has 3 rings (SSSR count). The number of ether oxygens (including phenoxy) is 1. The Morgan fingerprint density at radius 3 is 1.67 bits per heavy atom. The van der Waals surface area contributed by atoms with Gasteiger partial charge in [0, 0.05) is 6.20 Å². The molecule has 0 atom stereocenters. The highest BCUT2D eigenvalue weighted by Crippen LogP contribution is 2.19. The second-order valence-corrected chi connectivity index (χ2v) is 3.56. The van der Waals surface area contributed by atoms with Crippen LogP contribution in [0.5, 0.6) is 11.5 Å². The Balaban J connectivity index is 0.000000202. The maximum atomic E-state index is 5.58. The van der Waals surface area contributed by atoms with E-state index in [4.69, 9.17) is 4.74 Å². The van der Waals surface area contributed by atoms with Crippen LogP contribution in [0.3, 0.4) is 0 Å². The molecule has 1 aliphatic rings. The van der Waals surface area contributed by atoms with Crippen LogP contribution < -0.4 is 4.74 Å². The number of hydrogen-bond donors (Lipinski definition) is 0. The van der Waals surface area contributed by atoms with Gasteiger partial charge in [0.1, 0.15) is 11.5 Å². The molecule has 1 heterocycles. The molecule has 87 valence electrons. The minimum Gasteiger partial charge on any atom is -0.457 e. The Labute approximate surface area is 108 Å². The van der Waals surface area contributed by atoms with Crippen LogP contribution in [-0.2, 0) is 0 Å². The summed E-state index contributed by atoms with van der Waals surface area (Å²) in [5.74, 6) is 3.63. The number of rotatable bonds is 2. The monoisotopic (exact) mass is 234 g/mol. The molecular formula is C15H13BNO. The quantitative estimate of drug-likeness (QED) is 0.726. The van der Waals surface area contributed by atoms with Crippen molar-refractivity contribution in [3.8, 4) is 11.5 Å². The zero-order valence-corrected chi connectivity index (χ0v) is 9.94. The molecule has 0 bridgehead atoms. The first-order valence-corrected chi connectivity index (χ1v) is 5.75. The van der Waals surface area contributed by atoms with Crippen molar-refractivity contribution < 1.29 is 4.74 Å². The van der Waals surface area contributed by atoms with Crippen molar-refractivity contribution in [1.82, 2.24) is 0 Å². The second kappa shape index (κ2) is 7.12. The van der Waals surface area contributed by atoms with Crippen LogP contribution in [-0.4, -0.2) is 13.4 Å². The highest BCUT2D eigenvalue weighted by atomic mass is 16.5. The van der Waals surface area contributed by atoms with E-state index in [1.165, 1.54) is 0 Å². The number of aliphatic imine (C=N–C) groups is 1. The molecule has 2 aromatic rings. The molecule has 0 aliphatic carbocycles. The van der Waals surface area contributed by atoms with E-state index in [2.05, 4.69) is 4.99 Å². The average Bonchev–Trinajstić information content (AvgIpc) is 3.00. The average molecular weight is 234 g/mol. The molecule has 0 spiro atoms. The standard InChI is InChI=1S/C12H10O.C3H3BN/c1-3-7-11(8-4-1)13-12-9-5-2-6-10-12;1-2-5-3-4-1/h1-10H;1-3H. The van der Waals surface area contributed by atoms with E-state index in [1.807, 2.05) is 73.9 Å². The first kappa shape index (κ1) is 12.2. The van der Waals surface area contributed by atoms with E-state index in [9.17, 15) is 0 Å². The predicted molar refractivity (Wildman–Crippen MR) is 76.3 cm³/mol. The Morgan fingerprint density at radius 1 is 0.778 bits per heavy atom. The summed E-state index contributed by atoms with van der Waals surface area (Å²) in [6.07, 6.45) is 3.50. The highest BCUT2D eigenvalue weighted by molar-refractivity contribution is 6.73. The van der Waals surface area contributed by atoms with E-state index in [0.717, 1.165) is 11.5 Å². The molecule has 3 heteroatoms. The summed E-state index contributed by atoms with van der Waals surface area (Å²) in [5, 5.41) is 0. The van der Waals surface area contributed by atoms with Crippen LogP contribution in [0.1, 0.15) is 0 Å². The summed E-state index contributed by atoms with van der Waals surface area (Å²) in [6.45, 7) is 0. The summed E-state index contributed by atoms with van der Waals surface area (Å²) < 4.78 is 5.58. The van der Waals surface area contributed by atoms with Crippen LogP contribution in [0.15, 0.2) is 77.8 Å². The molecule has 0 amide bonds. The van der Waals surface area contributed by atoms with Gasteiger partial charge in [0.2, 0.25) is 0 Å². The molecule has 2 aromatic carbocycles. The van der Waals surface area contributed by atoms with Crippen LogP contribution in [0.2, 0.25) is 0 Å². The Kier molecular flexibility index (Phi) is 4.82. The SMILES string of the molecule is [B]1C=CN=C1.c1ccc(Oc2ccccc2)cc1. The van der Waals surface area contributed by atoms with E-state index in [1.54, 1.807) is 12.3 Å². The van der Waals surface area contributed by atoms with Gasteiger partial charge in [-0.3, -0.25) is 4.99 Å². The van der Waals surface area contributed by atoms with Gasteiger partial charge in [0.25, 0.3) is 0 Å². The van der Waals surface area contributed by atoms with Crippen molar-refractivity contribution in [2.24, 2.45) is 4.99 Å². The van der Waals surface area contributed by atoms with Crippen LogP contribution in [0.25, 0.3) is 0 Å². The zero-order chi connectivity index (χ0) is 12.5. The third kappa shape index (κ3) is 4.30. The van der Waals surface area contributed by atoms with E-state index in [0.29, 0.717) is 0 Å². The normalized spacial score (nSPS) is 11.3. The molecule has 0 N–H and O–H groups in total. The first-order chi connectivity index (χ1) is 8.95. The Bertz CT molecular complexity index is 461. The van der Waals surface area contributed by atoms with Crippen molar-refractivity contribution in [3.63, 3.8) is 0 Å². The number of benzene rings is 2. The van der Waals surface area contributed by atoms with Gasteiger partial charge in [-0.2, -0.15) is 0 Å². The lowest BCUT2D eigenvalue weighted by molar-refractivity contribution is 0.482. The lowest BCUT2D eigenvalue weighted by Gasteiger charge is -2.03. The molecule has 2 nitrogen and oxygen atoms in total. The number of hydrogen-bond acceptors (Lipinski definition) is 2. The Hall–Kier alpha value is -2.29. The fourth-order valence-corrected chi connectivity index (χ4v) is 1.36. The van der Waals surface area contributed by atoms with Crippen molar-refractivity contribution >= 4 is 13.4 Å². The molecule has 18 heavy (non-hydrogen) atoms. The van der Waals surface area contributed by atoms with Gasteiger partial charge in [-0.15, -0.1) is 0 Å². The van der Waals surface area contributed by atoms with Gasteiger partial charge in [-0.1, -0.05) is 42.4 Å². The zero-order valence-electron chi connectivity index (χ0n) is 9.94. The lowest BCUT2D eigenvalue weighted by atomic mass is 9.83. The van der Waals surface area contributed by atoms with Crippen molar-refractivity contribution in [2.45, 2.75) is 0 Å². The van der Waals surface area contributed by atoms with Crippen molar-refractivity contribution in [3.05, 3.63) is 72.8 Å². The van der Waals surface area contributed by atoms with Gasteiger partial charge in [0.15, 0.2) is 7.28 Å². The van der Waals surface area contributed by atoms with Crippen molar-refractivity contribution in [2.75, 3.05) is 0 Å². The van der Waals surface area contributed by atoms with Gasteiger partial charge < -0.3 is 4.74 Å². The summed E-state index contributed by atoms with van der Waals surface area (Å²) in [7, 11) is 1.89. The van der Waals surface area contributed by atoms with Gasteiger partial charge in [-0.05, 0) is 30.4 Å². The molecule has 0 unspecified atom stereocenters. The Morgan fingerprint density at radius 2 is 1.33 bits per heavy atom. The lowest BCUT2D eigenvalue weighted by Crippen LogP contribution is -1.81. The molecule has 1 aliphatic heterocycles. The maximum absolute atomic E-state index is 5.58. The minimum absolute atomic E-state index is 0.869. The summed E-state index contributed by atoms with van der Waals surface area (Å²) in [5.41, 5.74) is 0. The highest BCUT2D eigenvalue weighted by Gasteiger charge is 1.92. The first-order valence-electron chi connectivity index (χ1n) is 5.75. The summed E-state index contributed by atoms with van der Waals surface area (Å²) in [4.78, 5) is 3.72.